The molecule has 0 radical (unpaired) electrons. The highest BCUT2D eigenvalue weighted by Crippen LogP contribution is 2.44. The van der Waals surface area contributed by atoms with Gasteiger partial charge in [-0.2, -0.15) is 0 Å². The Labute approximate surface area is 602 Å². The molecule has 4 aromatic heterocycles. The molecule has 0 amide bonds. The van der Waals surface area contributed by atoms with Gasteiger partial charge in [0, 0.05) is 66.0 Å². The molecule has 0 aliphatic heterocycles. The smallest absolute Gasteiger partial charge is 0.0740 e. The SMILES string of the molecule is CC.CC.CC.CC.Cc1c2c(cc3c(C(C)(C)C)cc(C(C)(C)C)nc13)CCC2.Cc1c2c(cc3c(C(C)(C)C)cc(C(C)(C)C)nc13)CCC2.Cc1c2c(cc3c(C(C)(C)C)cc(C(C)(C)C)nc13)CCCC2.Cc1c2c(cc3c(C(C)(C)C)cc(C(C)(C)C)nc13)CCCC2. The van der Waals surface area contributed by atoms with E-state index in [4.69, 9.17) is 19.9 Å². The highest BCUT2D eigenvalue weighted by molar-refractivity contribution is 5.91. The lowest BCUT2D eigenvalue weighted by atomic mass is 9.79. The first kappa shape index (κ1) is 83.2. The average Bonchev–Trinajstić information content (AvgIpc) is 0.937. The molecule has 4 heteroatoms. The molecule has 4 aliphatic rings. The Bertz CT molecular complexity index is 3780. The van der Waals surface area contributed by atoms with E-state index in [-0.39, 0.29) is 43.3 Å². The molecule has 4 heterocycles. The molecule has 4 nitrogen and oxygen atoms in total. The Kier molecular flexibility index (Phi) is 27.4. The van der Waals surface area contributed by atoms with Gasteiger partial charge < -0.3 is 0 Å². The lowest BCUT2D eigenvalue weighted by Crippen LogP contribution is -2.19. The van der Waals surface area contributed by atoms with Crippen molar-refractivity contribution in [1.82, 2.24) is 19.9 Å². The summed E-state index contributed by atoms with van der Waals surface area (Å²) in [5, 5.41) is 5.50. The van der Waals surface area contributed by atoms with Crippen LogP contribution in [0, 0.1) is 27.7 Å². The molecule has 0 N–H and O–H groups in total. The molecular weight excluding hydrogens is 1190 g/mol. The van der Waals surface area contributed by atoms with Crippen LogP contribution in [-0.2, 0) is 94.7 Å². The van der Waals surface area contributed by atoms with Crippen LogP contribution < -0.4 is 0 Å². The highest BCUT2D eigenvalue weighted by atomic mass is 14.8. The Morgan fingerprint density at radius 3 is 0.551 bits per heavy atom. The third-order valence-corrected chi connectivity index (χ3v) is 20.6. The minimum atomic E-state index is 0.0799. The molecule has 98 heavy (non-hydrogen) atoms. The monoisotopic (exact) mass is 1330 g/mol. The van der Waals surface area contributed by atoms with Crippen LogP contribution in [0.2, 0.25) is 0 Å². The normalized spacial score (nSPS) is 14.6. The maximum atomic E-state index is 5.13. The lowest BCUT2D eigenvalue weighted by Gasteiger charge is -2.28. The molecule has 4 aromatic carbocycles. The van der Waals surface area contributed by atoms with Gasteiger partial charge >= 0.3 is 0 Å². The van der Waals surface area contributed by atoms with Crippen LogP contribution in [0.4, 0.5) is 0 Å². The third-order valence-electron chi connectivity index (χ3n) is 20.6. The second-order valence-electron chi connectivity index (χ2n) is 36.5. The largest absolute Gasteiger partial charge is 0.252 e. The highest BCUT2D eigenvalue weighted by Gasteiger charge is 2.32. The molecule has 4 aliphatic carbocycles. The van der Waals surface area contributed by atoms with Crippen LogP contribution in [0.5, 0.6) is 0 Å². The molecule has 0 atom stereocenters. The van der Waals surface area contributed by atoms with Crippen LogP contribution in [0.25, 0.3) is 43.6 Å². The van der Waals surface area contributed by atoms with Gasteiger partial charge in [0.1, 0.15) is 0 Å². The fourth-order valence-electron chi connectivity index (χ4n) is 15.0. The van der Waals surface area contributed by atoms with Crippen molar-refractivity contribution in [1.29, 1.82) is 0 Å². The first-order valence-electron chi connectivity index (χ1n) is 39.2. The maximum Gasteiger partial charge on any atom is 0.0740 e. The van der Waals surface area contributed by atoms with Gasteiger partial charge in [-0.1, -0.05) is 222 Å². The number of fused-ring (bicyclic) bond motifs is 8. The van der Waals surface area contributed by atoms with Gasteiger partial charge in [-0.05, 0) is 277 Å². The van der Waals surface area contributed by atoms with Crippen molar-refractivity contribution in [3.63, 3.8) is 0 Å². The van der Waals surface area contributed by atoms with E-state index < -0.39 is 0 Å². The second-order valence-corrected chi connectivity index (χ2v) is 36.5. The summed E-state index contributed by atoms with van der Waals surface area (Å²) in [4.78, 5) is 20.5. The van der Waals surface area contributed by atoms with E-state index in [2.05, 4.69) is 242 Å². The minimum absolute atomic E-state index is 0.0799. The van der Waals surface area contributed by atoms with E-state index in [1.54, 1.807) is 44.5 Å². The first-order valence-corrected chi connectivity index (χ1v) is 39.2. The van der Waals surface area contributed by atoms with Crippen LogP contribution in [0.1, 0.15) is 372 Å². The number of pyridine rings is 4. The van der Waals surface area contributed by atoms with Crippen molar-refractivity contribution < 1.29 is 0 Å². The summed E-state index contributed by atoms with van der Waals surface area (Å²) >= 11 is 0. The van der Waals surface area contributed by atoms with E-state index >= 15 is 0 Å². The van der Waals surface area contributed by atoms with Crippen molar-refractivity contribution >= 4 is 43.6 Å². The van der Waals surface area contributed by atoms with Crippen molar-refractivity contribution in [2.24, 2.45) is 0 Å². The predicted octanol–water partition coefficient (Wildman–Crippen LogP) is 27.4. The molecule has 540 valence electrons. The van der Waals surface area contributed by atoms with Gasteiger partial charge in [0.2, 0.25) is 0 Å². The topological polar surface area (TPSA) is 51.6 Å². The summed E-state index contributed by atoms with van der Waals surface area (Å²) in [6.45, 7) is 80.1. The summed E-state index contributed by atoms with van der Waals surface area (Å²) < 4.78 is 0. The van der Waals surface area contributed by atoms with Crippen LogP contribution in [-0.4, -0.2) is 19.9 Å². The van der Waals surface area contributed by atoms with Crippen LogP contribution in [0.15, 0.2) is 48.5 Å². The molecule has 0 unspecified atom stereocenters. The van der Waals surface area contributed by atoms with Gasteiger partial charge in [-0.15, -0.1) is 0 Å². The maximum absolute atomic E-state index is 5.13. The van der Waals surface area contributed by atoms with Crippen LogP contribution in [0.3, 0.4) is 0 Å². The second kappa shape index (κ2) is 32.2. The number of aromatic nitrogens is 4. The number of benzene rings is 4. The summed E-state index contributed by atoms with van der Waals surface area (Å²) in [6, 6.07) is 19.2. The molecule has 0 saturated heterocycles. The van der Waals surface area contributed by atoms with Crippen molar-refractivity contribution in [2.45, 2.75) is 382 Å². The van der Waals surface area contributed by atoms with Crippen molar-refractivity contribution in [2.75, 3.05) is 0 Å². The van der Waals surface area contributed by atoms with E-state index in [9.17, 15) is 0 Å². The number of aryl methyl sites for hydroxylation is 8. The van der Waals surface area contributed by atoms with Gasteiger partial charge in [-0.25, -0.2) is 0 Å². The zero-order chi connectivity index (χ0) is 74.6. The standard InChI is InChI=1S/2C22H31N.2C21H29N.4C2H6/c2*1-14-16-11-9-8-10-15(16)12-17-18(21(2,3)4)13-19(22(5,6)7)23-20(14)17;2*1-13-15-10-8-9-14(15)11-16-17(20(2,3)4)12-18(21(5,6)7)22-19(13)16;4*1-2/h2*12-13H,8-11H2,1-7H3;2*11-12H,8-10H2,1-7H3;4*1-2H3. The van der Waals surface area contributed by atoms with Crippen molar-refractivity contribution in [3.05, 3.63) is 160 Å². The number of nitrogens with zero attached hydrogens (tertiary/aromatic N) is 4. The molecule has 8 aromatic rings. The third kappa shape index (κ3) is 18.8. The van der Waals surface area contributed by atoms with Gasteiger partial charge in [0.25, 0.3) is 0 Å². The number of rotatable bonds is 0. The molecule has 0 bridgehead atoms. The molecular formula is C94H144N4. The molecule has 0 spiro atoms. The van der Waals surface area contributed by atoms with E-state index in [0.29, 0.717) is 0 Å². The zero-order valence-corrected chi connectivity index (χ0v) is 70.3. The summed E-state index contributed by atoms with van der Waals surface area (Å²) in [6.07, 6.45) is 17.7. The van der Waals surface area contributed by atoms with Crippen LogP contribution >= 0.6 is 0 Å². The molecule has 0 saturated carbocycles. The Morgan fingerprint density at radius 2 is 0.378 bits per heavy atom. The Morgan fingerprint density at radius 1 is 0.214 bits per heavy atom. The first-order chi connectivity index (χ1) is 45.3. The Balaban J connectivity index is 0.000000228. The van der Waals surface area contributed by atoms with E-state index in [1.807, 2.05) is 55.4 Å². The van der Waals surface area contributed by atoms with Gasteiger partial charge in [-0.3, -0.25) is 19.9 Å². The van der Waals surface area contributed by atoms with Gasteiger partial charge in [0.05, 0.1) is 22.1 Å². The average molecular weight is 1330 g/mol. The number of hydrogen-bond acceptors (Lipinski definition) is 4. The van der Waals surface area contributed by atoms with Gasteiger partial charge in [0.15, 0.2) is 0 Å². The predicted molar refractivity (Wildman–Crippen MR) is 438 cm³/mol. The molecule has 12 rings (SSSR count). The Hall–Kier alpha value is -5.48. The quantitative estimate of drug-likeness (QED) is 0.152. The summed E-state index contributed by atoms with van der Waals surface area (Å²) in [5.74, 6) is 0. The zero-order valence-electron chi connectivity index (χ0n) is 70.3. The van der Waals surface area contributed by atoms with Crippen molar-refractivity contribution in [3.8, 4) is 0 Å². The van der Waals surface area contributed by atoms with E-state index in [1.165, 1.54) is 201 Å². The minimum Gasteiger partial charge on any atom is -0.252 e. The summed E-state index contributed by atoms with van der Waals surface area (Å²) in [7, 11) is 0. The lowest BCUT2D eigenvalue weighted by molar-refractivity contribution is 0.557. The van der Waals surface area contributed by atoms with E-state index in [0.717, 1.165) is 0 Å². The number of hydrogen-bond donors (Lipinski definition) is 0. The molecule has 0 fully saturated rings. The summed E-state index contributed by atoms with van der Waals surface area (Å²) in [5.41, 5.74) is 34.7. The fourth-order valence-corrected chi connectivity index (χ4v) is 15.0. The fraction of sp³-hybridized carbons (Fsp3) is 0.617.